The second kappa shape index (κ2) is 34.9. The molecule has 0 fully saturated rings. The topological polar surface area (TPSA) is 471 Å². The molecule has 8 amide bonds. The molecule has 0 radical (unpaired) electrons. The molecular formula is C45H86N16O11. The summed E-state index contributed by atoms with van der Waals surface area (Å²) in [5.41, 5.74) is 33.4. The first-order chi connectivity index (χ1) is 33.6. The van der Waals surface area contributed by atoms with Crippen LogP contribution in [0.2, 0.25) is 0 Å². The lowest BCUT2D eigenvalue weighted by Gasteiger charge is -2.29. The number of carboxylic acid groups (broad SMARTS) is 1. The van der Waals surface area contributed by atoms with E-state index in [4.69, 9.17) is 34.4 Å². The molecule has 0 aromatic carbocycles. The highest BCUT2D eigenvalue weighted by atomic mass is 16.4. The standard InChI is InChI=1S/C45H86N16O11/c1-23(2)19-31(40(68)55-26(7)36(64)57-29(14-11-17-52-44(48)49)38(66)54-22-34(63)56-33(43(71)72)21-25(5)6)60-42(70)35(27(8)62)61-39(67)30(15-12-18-53-45(50)51)58-41(69)32(20-24(3)4)59-37(65)28(47)13-9-10-16-46/h23-33,35,62H,9-22,46-47H2,1-8H3,(H,54,66)(H,55,68)(H,56,63)(H,57,64)(H,58,69)(H,59,65)(H,60,70)(H,61,67)(H,71,72)(H4,48,49,52)(H4,50,51,53)/t26-,27+,28-,29-,30-,31-,32-,33-,35-/m0/s1. The summed E-state index contributed by atoms with van der Waals surface area (Å²) in [7, 11) is 0. The van der Waals surface area contributed by atoms with Crippen LogP contribution in [0.15, 0.2) is 9.98 Å². The normalized spacial score (nSPS) is 14.9. The number of aliphatic hydroxyl groups is 1. The molecule has 0 heterocycles. The van der Waals surface area contributed by atoms with Crippen molar-refractivity contribution in [3.63, 3.8) is 0 Å². The van der Waals surface area contributed by atoms with Crippen LogP contribution in [0.5, 0.6) is 0 Å². The number of rotatable bonds is 36. The minimum Gasteiger partial charge on any atom is -0.480 e. The fourth-order valence-corrected chi connectivity index (χ4v) is 6.97. The number of carbonyl (C=O) groups is 9. The minimum absolute atomic E-state index is 0.0211. The zero-order chi connectivity index (χ0) is 55.2. The summed E-state index contributed by atoms with van der Waals surface area (Å²) < 4.78 is 0. The summed E-state index contributed by atoms with van der Waals surface area (Å²) >= 11 is 0. The number of guanidine groups is 2. The molecule has 0 bridgehead atoms. The van der Waals surface area contributed by atoms with Crippen LogP contribution in [0, 0.1) is 17.8 Å². The van der Waals surface area contributed by atoms with Crippen molar-refractivity contribution in [1.82, 2.24) is 42.5 Å². The van der Waals surface area contributed by atoms with Gasteiger partial charge in [-0.25, -0.2) is 4.79 Å². The largest absolute Gasteiger partial charge is 0.480 e. The Bertz CT molecular complexity index is 1820. The number of nitrogens with zero attached hydrogens (tertiary/aromatic N) is 2. The van der Waals surface area contributed by atoms with Gasteiger partial charge < -0.3 is 87.1 Å². The highest BCUT2D eigenvalue weighted by molar-refractivity contribution is 5.98. The predicted molar refractivity (Wildman–Crippen MR) is 271 cm³/mol. The zero-order valence-corrected chi connectivity index (χ0v) is 43.3. The van der Waals surface area contributed by atoms with E-state index < -0.39 is 114 Å². The lowest BCUT2D eigenvalue weighted by molar-refractivity contribution is -0.142. The molecule has 0 spiro atoms. The van der Waals surface area contributed by atoms with Crippen LogP contribution in [-0.4, -0.2) is 156 Å². The average molecular weight is 1030 g/mol. The number of amides is 8. The van der Waals surface area contributed by atoms with E-state index in [1.807, 2.05) is 13.8 Å². The van der Waals surface area contributed by atoms with Crippen LogP contribution in [0.25, 0.3) is 0 Å². The van der Waals surface area contributed by atoms with Crippen LogP contribution < -0.4 is 76.9 Å². The number of carboxylic acids is 1. The van der Waals surface area contributed by atoms with Gasteiger partial charge in [-0.3, -0.25) is 48.3 Å². The predicted octanol–water partition coefficient (Wildman–Crippen LogP) is -4.32. The number of nitrogens with two attached hydrogens (primary N) is 6. The minimum atomic E-state index is -1.68. The van der Waals surface area contributed by atoms with Crippen molar-refractivity contribution >= 4 is 65.1 Å². The lowest BCUT2D eigenvalue weighted by atomic mass is 10.0. The molecule has 0 aliphatic heterocycles. The molecule has 27 nitrogen and oxygen atoms in total. The summed E-state index contributed by atoms with van der Waals surface area (Å²) in [5, 5.41) is 40.4. The number of unbranched alkanes of at least 4 members (excludes halogenated alkanes) is 1. The fraction of sp³-hybridized carbons (Fsp3) is 0.756. The first-order valence-electron chi connectivity index (χ1n) is 24.5. The number of carbonyl (C=O) groups excluding carboxylic acids is 8. The Morgan fingerprint density at radius 2 is 0.917 bits per heavy atom. The van der Waals surface area contributed by atoms with Crippen molar-refractivity contribution in [2.75, 3.05) is 26.2 Å². The Kier molecular flexibility index (Phi) is 31.8. The molecule has 9 atom stereocenters. The Balaban J connectivity index is 6.33. The van der Waals surface area contributed by atoms with Crippen LogP contribution in [-0.2, 0) is 43.2 Å². The van der Waals surface area contributed by atoms with Gasteiger partial charge in [0.25, 0.3) is 0 Å². The van der Waals surface area contributed by atoms with Crippen molar-refractivity contribution in [2.45, 2.75) is 174 Å². The highest BCUT2D eigenvalue weighted by Crippen LogP contribution is 2.11. The number of aliphatic hydroxyl groups excluding tert-OH is 1. The van der Waals surface area contributed by atoms with Gasteiger partial charge in [0, 0.05) is 13.1 Å². The number of aliphatic imine (C=N–C) groups is 2. The second-order valence-electron chi connectivity index (χ2n) is 19.1. The van der Waals surface area contributed by atoms with E-state index in [0.717, 1.165) is 0 Å². The van der Waals surface area contributed by atoms with Crippen molar-refractivity contribution in [3.05, 3.63) is 0 Å². The fourth-order valence-electron chi connectivity index (χ4n) is 6.97. The van der Waals surface area contributed by atoms with E-state index in [-0.39, 0.29) is 87.7 Å². The molecule has 22 N–H and O–H groups in total. The van der Waals surface area contributed by atoms with Crippen molar-refractivity contribution in [2.24, 2.45) is 62.1 Å². The number of nitrogens with one attached hydrogen (secondary N) is 8. The van der Waals surface area contributed by atoms with Crippen molar-refractivity contribution in [1.29, 1.82) is 0 Å². The molecular weight excluding hydrogens is 941 g/mol. The van der Waals surface area contributed by atoms with Gasteiger partial charge in [-0.2, -0.15) is 0 Å². The Morgan fingerprint density at radius 3 is 1.38 bits per heavy atom. The smallest absolute Gasteiger partial charge is 0.326 e. The third-order valence-electron chi connectivity index (χ3n) is 10.7. The second-order valence-corrected chi connectivity index (χ2v) is 19.1. The molecule has 0 aliphatic carbocycles. The van der Waals surface area contributed by atoms with Gasteiger partial charge in [0.05, 0.1) is 18.7 Å². The molecule has 0 unspecified atom stereocenters. The zero-order valence-electron chi connectivity index (χ0n) is 43.3. The van der Waals surface area contributed by atoms with Gasteiger partial charge in [-0.05, 0) is 95.9 Å². The highest BCUT2D eigenvalue weighted by Gasteiger charge is 2.35. The first kappa shape index (κ1) is 65.7. The van der Waals surface area contributed by atoms with Crippen molar-refractivity contribution in [3.8, 4) is 0 Å². The molecule has 412 valence electrons. The maximum Gasteiger partial charge on any atom is 0.326 e. The maximum atomic E-state index is 14.0. The Labute approximate surface area is 422 Å². The molecule has 0 rings (SSSR count). The third-order valence-corrected chi connectivity index (χ3v) is 10.7. The number of hydrogen-bond donors (Lipinski definition) is 16. The van der Waals surface area contributed by atoms with Gasteiger partial charge in [0.1, 0.15) is 42.3 Å². The Morgan fingerprint density at radius 1 is 0.486 bits per heavy atom. The number of aliphatic carboxylic acids is 1. The quantitative estimate of drug-likeness (QED) is 0.0160. The summed E-state index contributed by atoms with van der Waals surface area (Å²) in [6.45, 7) is 13.2. The molecule has 0 aromatic rings. The lowest BCUT2D eigenvalue weighted by Crippen LogP contribution is -2.61. The van der Waals surface area contributed by atoms with Crippen LogP contribution in [0.3, 0.4) is 0 Å². The molecule has 72 heavy (non-hydrogen) atoms. The van der Waals surface area contributed by atoms with Crippen LogP contribution in [0.1, 0.15) is 120 Å². The molecule has 0 aliphatic rings. The van der Waals surface area contributed by atoms with E-state index in [9.17, 15) is 53.4 Å². The van der Waals surface area contributed by atoms with Crippen LogP contribution in [0.4, 0.5) is 0 Å². The molecule has 0 saturated heterocycles. The van der Waals surface area contributed by atoms with Gasteiger partial charge in [0.2, 0.25) is 47.3 Å². The monoisotopic (exact) mass is 1030 g/mol. The number of hydrogen-bond acceptors (Lipinski definition) is 14. The van der Waals surface area contributed by atoms with E-state index in [2.05, 4.69) is 52.5 Å². The van der Waals surface area contributed by atoms with Gasteiger partial charge in [-0.15, -0.1) is 0 Å². The van der Waals surface area contributed by atoms with Gasteiger partial charge in [-0.1, -0.05) is 48.0 Å². The SMILES string of the molecule is CC(C)C[C@H](NC(=O)CNC(=O)[C@H](CCCN=C(N)N)NC(=O)[C@H](C)NC(=O)[C@H](CC(C)C)NC(=O)[C@@H](NC(=O)[C@H](CCCN=C(N)N)NC(=O)[C@H](CC(C)C)NC(=O)[C@@H](N)CCCCN)[C@@H](C)O)C(=O)O. The van der Waals surface area contributed by atoms with E-state index in [1.165, 1.54) is 13.8 Å². The summed E-state index contributed by atoms with van der Waals surface area (Å²) in [5.74, 6) is -8.46. The van der Waals surface area contributed by atoms with Crippen LogP contribution >= 0.6 is 0 Å². The summed E-state index contributed by atoms with van der Waals surface area (Å²) in [4.78, 5) is 127. The van der Waals surface area contributed by atoms with E-state index >= 15 is 0 Å². The van der Waals surface area contributed by atoms with E-state index in [0.29, 0.717) is 25.8 Å². The summed E-state index contributed by atoms with van der Waals surface area (Å²) in [6.07, 6.45) is 0.662. The van der Waals surface area contributed by atoms with Gasteiger partial charge in [0.15, 0.2) is 11.9 Å². The summed E-state index contributed by atoms with van der Waals surface area (Å²) in [6, 6.07) is -10.2. The van der Waals surface area contributed by atoms with E-state index in [1.54, 1.807) is 27.7 Å². The van der Waals surface area contributed by atoms with Gasteiger partial charge >= 0.3 is 5.97 Å². The first-order valence-corrected chi connectivity index (χ1v) is 24.5. The molecule has 0 aromatic heterocycles. The Hall–Kier alpha value is -6.35. The third kappa shape index (κ3) is 28.5. The molecule has 27 heteroatoms. The maximum absolute atomic E-state index is 14.0. The molecule has 0 saturated carbocycles. The average Bonchev–Trinajstić information content (AvgIpc) is 3.27. The van der Waals surface area contributed by atoms with Crippen molar-refractivity contribution < 1.29 is 53.4 Å².